The van der Waals surface area contributed by atoms with Crippen molar-refractivity contribution in [3.63, 3.8) is 0 Å². The monoisotopic (exact) mass is 379 g/mol. The highest BCUT2D eigenvalue weighted by Crippen LogP contribution is 2.27. The minimum atomic E-state index is 0.0629. The summed E-state index contributed by atoms with van der Waals surface area (Å²) in [4.78, 5) is 1.76. The zero-order valence-corrected chi connectivity index (χ0v) is 18.1. The van der Waals surface area contributed by atoms with Gasteiger partial charge in [0.1, 0.15) is 11.0 Å². The molecule has 1 heterocycles. The fourth-order valence-corrected chi connectivity index (χ4v) is 3.09. The van der Waals surface area contributed by atoms with Gasteiger partial charge in [-0.05, 0) is 47.4 Å². The van der Waals surface area contributed by atoms with Crippen LogP contribution < -0.4 is 0 Å². The Morgan fingerprint density at radius 2 is 1.61 bits per heavy atom. The summed E-state index contributed by atoms with van der Waals surface area (Å²) < 4.78 is 6.03. The molecule has 4 nitrogen and oxygen atoms in total. The van der Waals surface area contributed by atoms with E-state index in [4.69, 9.17) is 14.9 Å². The Hall–Kier alpha value is -2.20. The van der Waals surface area contributed by atoms with Gasteiger partial charge in [-0.3, -0.25) is 0 Å². The van der Waals surface area contributed by atoms with Gasteiger partial charge < -0.3 is 4.74 Å². The highest BCUT2D eigenvalue weighted by atomic mass is 16.5. The van der Waals surface area contributed by atoms with Crippen LogP contribution in [0.15, 0.2) is 42.5 Å². The first-order chi connectivity index (χ1) is 13.3. The average Bonchev–Trinajstić information content (AvgIpc) is 3.08. The van der Waals surface area contributed by atoms with Crippen molar-refractivity contribution < 1.29 is 4.74 Å². The molecule has 0 saturated heterocycles. The molecular weight excluding hydrogens is 346 g/mol. The number of fused-ring (bicyclic) bond motifs is 1. The Labute approximate surface area is 168 Å². The second kappa shape index (κ2) is 8.44. The third-order valence-electron chi connectivity index (χ3n) is 5.57. The lowest BCUT2D eigenvalue weighted by Gasteiger charge is -2.21. The summed E-state index contributed by atoms with van der Waals surface area (Å²) in [5.74, 6) is 1.35. The number of ether oxygens (including phenoxy) is 1. The van der Waals surface area contributed by atoms with E-state index in [0.717, 1.165) is 35.3 Å². The molecule has 0 aliphatic rings. The molecule has 0 fully saturated rings. The minimum Gasteiger partial charge on any atom is -0.377 e. The zero-order valence-electron chi connectivity index (χ0n) is 18.1. The van der Waals surface area contributed by atoms with Gasteiger partial charge in [0.2, 0.25) is 0 Å². The van der Waals surface area contributed by atoms with Gasteiger partial charge in [0, 0.05) is 12.2 Å². The Bertz CT molecular complexity index is 888. The maximum atomic E-state index is 6.03. The van der Waals surface area contributed by atoms with Crippen LogP contribution in [-0.2, 0) is 16.8 Å². The highest BCUT2D eigenvalue weighted by molar-refractivity contribution is 5.73. The van der Waals surface area contributed by atoms with Crippen LogP contribution in [0.4, 0.5) is 0 Å². The number of benzene rings is 2. The summed E-state index contributed by atoms with van der Waals surface area (Å²) in [6, 6.07) is 14.5. The summed E-state index contributed by atoms with van der Waals surface area (Å²) in [7, 11) is 0. The van der Waals surface area contributed by atoms with E-state index >= 15 is 0 Å². The summed E-state index contributed by atoms with van der Waals surface area (Å²) in [6.07, 6.45) is 1.08. The molecule has 28 heavy (non-hydrogen) atoms. The molecule has 0 amide bonds. The molecule has 1 unspecified atom stereocenters. The van der Waals surface area contributed by atoms with E-state index in [1.54, 1.807) is 4.80 Å². The molecule has 0 aliphatic carbocycles. The molecule has 0 N–H and O–H groups in total. The van der Waals surface area contributed by atoms with Crippen molar-refractivity contribution in [1.82, 2.24) is 15.0 Å². The molecule has 0 saturated carbocycles. The molecule has 3 aromatic rings. The van der Waals surface area contributed by atoms with Gasteiger partial charge in [0.05, 0.1) is 12.3 Å². The lowest BCUT2D eigenvalue weighted by molar-refractivity contribution is 0.103. The van der Waals surface area contributed by atoms with Gasteiger partial charge in [-0.1, -0.05) is 65.8 Å². The van der Waals surface area contributed by atoms with Crippen LogP contribution in [0.3, 0.4) is 0 Å². The van der Waals surface area contributed by atoms with Crippen LogP contribution >= 0.6 is 0 Å². The molecular formula is C24H33N3O. The molecule has 0 radical (unpaired) electrons. The molecule has 1 atom stereocenters. The van der Waals surface area contributed by atoms with Crippen molar-refractivity contribution in [2.75, 3.05) is 6.61 Å². The molecule has 150 valence electrons. The van der Waals surface area contributed by atoms with Crippen molar-refractivity contribution in [2.45, 2.75) is 60.0 Å². The molecule has 2 aromatic carbocycles. The Balaban J connectivity index is 1.87. The lowest BCUT2D eigenvalue weighted by Crippen LogP contribution is -2.14. The fourth-order valence-electron chi connectivity index (χ4n) is 3.09. The van der Waals surface area contributed by atoms with E-state index in [1.165, 1.54) is 5.56 Å². The van der Waals surface area contributed by atoms with Gasteiger partial charge in [0.15, 0.2) is 0 Å². The van der Waals surface area contributed by atoms with Crippen LogP contribution in [0, 0.1) is 11.8 Å². The first-order valence-electron chi connectivity index (χ1n) is 10.3. The predicted molar refractivity (Wildman–Crippen MR) is 116 cm³/mol. The van der Waals surface area contributed by atoms with Crippen LogP contribution in [0.25, 0.3) is 16.7 Å². The van der Waals surface area contributed by atoms with Gasteiger partial charge in [-0.15, -0.1) is 10.2 Å². The second-order valence-corrected chi connectivity index (χ2v) is 9.13. The standard InChI is InChI=1S/C24H33N3O/c1-17(2)18(3)13-14-28-16-19-11-12-20(24(4,5)6)15-23(19)27-25-21-9-7-8-10-22(21)26-27/h7-12,15,17-18H,13-14,16H2,1-6H3. The smallest absolute Gasteiger partial charge is 0.113 e. The van der Waals surface area contributed by atoms with Gasteiger partial charge in [0.25, 0.3) is 0 Å². The lowest BCUT2D eigenvalue weighted by atomic mass is 9.86. The summed E-state index contributed by atoms with van der Waals surface area (Å²) in [6.45, 7) is 14.8. The van der Waals surface area contributed by atoms with Crippen molar-refractivity contribution in [3.8, 4) is 5.69 Å². The first-order valence-corrected chi connectivity index (χ1v) is 10.3. The third kappa shape index (κ3) is 4.79. The summed E-state index contributed by atoms with van der Waals surface area (Å²) >= 11 is 0. The normalized spacial score (nSPS) is 13.4. The Morgan fingerprint density at radius 3 is 2.18 bits per heavy atom. The fraction of sp³-hybridized carbons (Fsp3) is 0.500. The van der Waals surface area contributed by atoms with E-state index in [-0.39, 0.29) is 5.41 Å². The van der Waals surface area contributed by atoms with E-state index in [9.17, 15) is 0 Å². The van der Waals surface area contributed by atoms with Crippen LogP contribution in [0.2, 0.25) is 0 Å². The van der Waals surface area contributed by atoms with Gasteiger partial charge in [-0.25, -0.2) is 0 Å². The predicted octanol–water partition coefficient (Wildman–Crippen LogP) is 5.92. The van der Waals surface area contributed by atoms with E-state index in [0.29, 0.717) is 18.4 Å². The van der Waals surface area contributed by atoms with Crippen LogP contribution in [0.1, 0.15) is 59.1 Å². The number of aromatic nitrogens is 3. The Morgan fingerprint density at radius 1 is 0.964 bits per heavy atom. The van der Waals surface area contributed by atoms with Crippen LogP contribution in [0.5, 0.6) is 0 Å². The average molecular weight is 380 g/mol. The SMILES string of the molecule is CC(C)C(C)CCOCc1ccc(C(C)(C)C)cc1-n1nc2ccccc2n1. The van der Waals surface area contributed by atoms with Crippen molar-refractivity contribution >= 4 is 11.0 Å². The Kier molecular flexibility index (Phi) is 6.19. The van der Waals surface area contributed by atoms with Crippen molar-refractivity contribution in [1.29, 1.82) is 0 Å². The zero-order chi connectivity index (χ0) is 20.3. The van der Waals surface area contributed by atoms with Crippen molar-refractivity contribution in [2.24, 2.45) is 11.8 Å². The van der Waals surface area contributed by atoms with Crippen molar-refractivity contribution in [3.05, 3.63) is 53.6 Å². The minimum absolute atomic E-state index is 0.0629. The number of nitrogens with zero attached hydrogens (tertiary/aromatic N) is 3. The molecule has 0 bridgehead atoms. The topological polar surface area (TPSA) is 39.9 Å². The third-order valence-corrected chi connectivity index (χ3v) is 5.57. The molecule has 4 heteroatoms. The first kappa shape index (κ1) is 20.5. The largest absolute Gasteiger partial charge is 0.377 e. The highest BCUT2D eigenvalue weighted by Gasteiger charge is 2.18. The number of rotatable bonds is 7. The summed E-state index contributed by atoms with van der Waals surface area (Å²) in [5, 5.41) is 9.39. The molecule has 3 rings (SSSR count). The van der Waals surface area contributed by atoms with Gasteiger partial charge in [-0.2, -0.15) is 4.80 Å². The number of hydrogen-bond acceptors (Lipinski definition) is 3. The molecule has 0 spiro atoms. The second-order valence-electron chi connectivity index (χ2n) is 9.13. The van der Waals surface area contributed by atoms with E-state index in [2.05, 4.69) is 59.7 Å². The molecule has 0 aliphatic heterocycles. The van der Waals surface area contributed by atoms with Crippen LogP contribution in [-0.4, -0.2) is 21.6 Å². The quantitative estimate of drug-likeness (QED) is 0.479. The molecule has 1 aromatic heterocycles. The maximum Gasteiger partial charge on any atom is 0.113 e. The number of hydrogen-bond donors (Lipinski definition) is 0. The van der Waals surface area contributed by atoms with Gasteiger partial charge >= 0.3 is 0 Å². The maximum absolute atomic E-state index is 6.03. The van der Waals surface area contributed by atoms with E-state index < -0.39 is 0 Å². The van der Waals surface area contributed by atoms with E-state index in [1.807, 2.05) is 24.3 Å². The summed E-state index contributed by atoms with van der Waals surface area (Å²) in [5.41, 5.74) is 5.25.